The van der Waals surface area contributed by atoms with Crippen molar-refractivity contribution in [2.75, 3.05) is 40.9 Å². The third-order valence-corrected chi connectivity index (χ3v) is 16.7. The SMILES string of the molecule is CCCCCCCCCCCCC/C=C\C(OC(=O)CCCCCCCCCCCCCCC)C(COP(=O)(O)OCC[N+](C)(C)C)NC(=O)CCCCCCCCCCCCCCCCCCCCCCCCCCC. The molecule has 0 heterocycles. The Balaban J connectivity index is 5.01. The summed E-state index contributed by atoms with van der Waals surface area (Å²) in [5.41, 5.74) is 0. The quantitative estimate of drug-likeness (QED) is 0.0205. The zero-order chi connectivity index (χ0) is 56.4. The number of amides is 1. The monoisotopic (exact) mass is 1110 g/mol. The number of likely N-dealkylation sites (N-methyl/N-ethyl adjacent to an activating group) is 1. The minimum atomic E-state index is -4.44. The fraction of sp³-hybridized carbons (Fsp3) is 0.940. The Hall–Kier alpha value is -1.25. The molecule has 0 aliphatic heterocycles. The van der Waals surface area contributed by atoms with Gasteiger partial charge in [-0.3, -0.25) is 18.6 Å². The van der Waals surface area contributed by atoms with Gasteiger partial charge in [-0.05, 0) is 31.8 Å². The molecular formula is C67H134N2O7P+. The Morgan fingerprint density at radius 3 is 1.06 bits per heavy atom. The van der Waals surface area contributed by atoms with E-state index in [0.29, 0.717) is 23.9 Å². The molecule has 0 aliphatic rings. The van der Waals surface area contributed by atoms with Crippen LogP contribution in [0.2, 0.25) is 0 Å². The fourth-order valence-corrected chi connectivity index (χ4v) is 11.2. The molecule has 2 N–H and O–H groups in total. The highest BCUT2D eigenvalue weighted by Gasteiger charge is 2.30. The molecule has 0 radical (unpaired) electrons. The van der Waals surface area contributed by atoms with Gasteiger partial charge in [0, 0.05) is 12.8 Å². The van der Waals surface area contributed by atoms with Crippen molar-refractivity contribution in [2.45, 2.75) is 367 Å². The number of phosphoric acid groups is 1. The van der Waals surface area contributed by atoms with Gasteiger partial charge in [0.15, 0.2) is 0 Å². The van der Waals surface area contributed by atoms with Crippen LogP contribution in [0.5, 0.6) is 0 Å². The molecule has 0 bridgehead atoms. The first-order chi connectivity index (χ1) is 37.4. The number of allylic oxidation sites excluding steroid dienone is 1. The molecule has 0 fully saturated rings. The van der Waals surface area contributed by atoms with E-state index in [2.05, 4.69) is 26.1 Å². The van der Waals surface area contributed by atoms with Crippen LogP contribution in [0.3, 0.4) is 0 Å². The van der Waals surface area contributed by atoms with E-state index < -0.39 is 20.0 Å². The van der Waals surface area contributed by atoms with Gasteiger partial charge in [0.2, 0.25) is 5.91 Å². The molecule has 0 spiro atoms. The number of nitrogens with zero attached hydrogens (tertiary/aromatic N) is 1. The zero-order valence-corrected chi connectivity index (χ0v) is 53.4. The third kappa shape index (κ3) is 59.2. The molecule has 0 aromatic carbocycles. The van der Waals surface area contributed by atoms with E-state index in [0.717, 1.165) is 57.8 Å². The summed E-state index contributed by atoms with van der Waals surface area (Å²) in [5, 5.41) is 3.07. The first-order valence-electron chi connectivity index (χ1n) is 34.0. The van der Waals surface area contributed by atoms with Crippen LogP contribution in [0, 0.1) is 0 Å². The van der Waals surface area contributed by atoms with Gasteiger partial charge >= 0.3 is 13.8 Å². The van der Waals surface area contributed by atoms with E-state index >= 15 is 0 Å². The van der Waals surface area contributed by atoms with Crippen molar-refractivity contribution >= 4 is 19.7 Å². The summed E-state index contributed by atoms with van der Waals surface area (Å²) in [5.74, 6) is -0.481. The molecule has 1 amide bonds. The third-order valence-electron chi connectivity index (χ3n) is 15.7. The summed E-state index contributed by atoms with van der Waals surface area (Å²) in [6.07, 6.45) is 67.9. The Labute approximate surface area is 480 Å². The lowest BCUT2D eigenvalue weighted by Crippen LogP contribution is -2.47. The summed E-state index contributed by atoms with van der Waals surface area (Å²) in [6.45, 7) is 7.08. The Morgan fingerprint density at radius 1 is 0.442 bits per heavy atom. The molecule has 0 aromatic heterocycles. The maximum Gasteiger partial charge on any atom is 0.472 e. The highest BCUT2D eigenvalue weighted by Crippen LogP contribution is 2.43. The van der Waals surface area contributed by atoms with E-state index in [1.807, 2.05) is 33.3 Å². The molecule has 0 rings (SSSR count). The van der Waals surface area contributed by atoms with Crippen molar-refractivity contribution in [1.29, 1.82) is 0 Å². The van der Waals surface area contributed by atoms with Gasteiger partial charge in [-0.25, -0.2) is 4.57 Å². The molecule has 3 unspecified atom stereocenters. The number of ether oxygens (including phenoxy) is 1. The molecule has 0 aromatic rings. The van der Waals surface area contributed by atoms with Crippen molar-refractivity contribution in [3.63, 3.8) is 0 Å². The van der Waals surface area contributed by atoms with Gasteiger partial charge in [0.25, 0.3) is 0 Å². The Bertz CT molecular complexity index is 1320. The molecule has 458 valence electrons. The molecule has 10 heteroatoms. The Morgan fingerprint density at radius 2 is 0.740 bits per heavy atom. The standard InChI is InChI=1S/C67H133N2O7P/c1-7-10-13-16-19-22-25-28-29-30-31-32-33-34-35-36-37-38-39-42-44-47-50-53-56-59-66(70)68-64(63-75-77(72,73)74-62-61-69(4,5)6)65(58-55-52-49-46-43-40-26-23-20-17-14-11-8-2)76-67(71)60-57-54-51-48-45-41-27-24-21-18-15-12-9-3/h55,58,64-65H,7-54,56-57,59-63H2,1-6H3,(H-,68,70,72,73)/p+1/b58-55-. The summed E-state index contributed by atoms with van der Waals surface area (Å²) < 4.78 is 30.8. The maximum absolute atomic E-state index is 13.6. The topological polar surface area (TPSA) is 111 Å². The predicted octanol–water partition coefficient (Wildman–Crippen LogP) is 21.1. The van der Waals surface area contributed by atoms with Crippen LogP contribution in [-0.4, -0.2) is 74.3 Å². The molecule has 77 heavy (non-hydrogen) atoms. The van der Waals surface area contributed by atoms with Crippen molar-refractivity contribution in [2.24, 2.45) is 0 Å². The van der Waals surface area contributed by atoms with Crippen LogP contribution in [0.25, 0.3) is 0 Å². The van der Waals surface area contributed by atoms with Crippen LogP contribution in [0.1, 0.15) is 355 Å². The minimum Gasteiger partial charge on any atom is -0.456 e. The minimum absolute atomic E-state index is 0.0459. The molecule has 3 atom stereocenters. The van der Waals surface area contributed by atoms with Crippen LogP contribution < -0.4 is 5.32 Å². The van der Waals surface area contributed by atoms with Gasteiger partial charge in [-0.15, -0.1) is 0 Å². The lowest BCUT2D eigenvalue weighted by molar-refractivity contribution is -0.870. The number of esters is 1. The van der Waals surface area contributed by atoms with E-state index in [-0.39, 0.29) is 25.1 Å². The van der Waals surface area contributed by atoms with E-state index in [4.69, 9.17) is 13.8 Å². The summed E-state index contributed by atoms with van der Waals surface area (Å²) in [7, 11) is 1.52. The second-order valence-corrected chi connectivity index (χ2v) is 26.2. The molecule has 0 aliphatic carbocycles. The lowest BCUT2D eigenvalue weighted by atomic mass is 10.0. The van der Waals surface area contributed by atoms with Gasteiger partial charge in [-0.1, -0.05) is 322 Å². The molecule has 0 saturated heterocycles. The van der Waals surface area contributed by atoms with Crippen LogP contribution in [0.15, 0.2) is 12.2 Å². The van der Waals surface area contributed by atoms with Crippen molar-refractivity contribution in [1.82, 2.24) is 5.32 Å². The first-order valence-corrected chi connectivity index (χ1v) is 35.5. The largest absolute Gasteiger partial charge is 0.472 e. The summed E-state index contributed by atoms with van der Waals surface area (Å²) in [4.78, 5) is 37.8. The van der Waals surface area contributed by atoms with Crippen molar-refractivity contribution in [3.05, 3.63) is 12.2 Å². The van der Waals surface area contributed by atoms with Gasteiger partial charge in [0.05, 0.1) is 33.8 Å². The van der Waals surface area contributed by atoms with Gasteiger partial charge < -0.3 is 19.4 Å². The highest BCUT2D eigenvalue weighted by atomic mass is 31.2. The van der Waals surface area contributed by atoms with Gasteiger partial charge in [0.1, 0.15) is 19.3 Å². The number of rotatable bonds is 63. The number of carbonyl (C=O) groups is 2. The van der Waals surface area contributed by atoms with E-state index in [9.17, 15) is 19.0 Å². The zero-order valence-electron chi connectivity index (χ0n) is 52.5. The summed E-state index contributed by atoms with van der Waals surface area (Å²) in [6, 6.07) is -0.839. The first kappa shape index (κ1) is 75.8. The van der Waals surface area contributed by atoms with Crippen molar-refractivity contribution < 1.29 is 37.3 Å². The predicted molar refractivity (Wildman–Crippen MR) is 333 cm³/mol. The average molecular weight is 1110 g/mol. The number of unbranched alkanes of at least 4 members (excludes halogenated alkanes) is 47. The fourth-order valence-electron chi connectivity index (χ4n) is 10.5. The molecular weight excluding hydrogens is 976 g/mol. The number of quaternary nitrogens is 1. The summed E-state index contributed by atoms with van der Waals surface area (Å²) >= 11 is 0. The number of hydrogen-bond acceptors (Lipinski definition) is 6. The number of hydrogen-bond donors (Lipinski definition) is 2. The smallest absolute Gasteiger partial charge is 0.456 e. The second-order valence-electron chi connectivity index (χ2n) is 24.7. The van der Waals surface area contributed by atoms with Crippen molar-refractivity contribution in [3.8, 4) is 0 Å². The normalized spacial score (nSPS) is 13.6. The lowest BCUT2D eigenvalue weighted by Gasteiger charge is -2.27. The number of carbonyl (C=O) groups excluding carboxylic acids is 2. The van der Waals surface area contributed by atoms with E-state index in [1.54, 1.807) is 0 Å². The van der Waals surface area contributed by atoms with Gasteiger partial charge in [-0.2, -0.15) is 0 Å². The van der Waals surface area contributed by atoms with Crippen LogP contribution >= 0.6 is 7.82 Å². The van der Waals surface area contributed by atoms with Crippen LogP contribution in [0.4, 0.5) is 0 Å². The maximum atomic E-state index is 13.6. The van der Waals surface area contributed by atoms with Crippen LogP contribution in [-0.2, 0) is 27.9 Å². The van der Waals surface area contributed by atoms with E-state index in [1.165, 1.54) is 263 Å². The number of phosphoric ester groups is 1. The second kappa shape index (κ2) is 58.0. The average Bonchev–Trinajstić information content (AvgIpc) is 3.39. The number of nitrogens with one attached hydrogen (secondary N) is 1. The molecule has 9 nitrogen and oxygen atoms in total. The Kier molecular flexibility index (Phi) is 57.0. The molecule has 0 saturated carbocycles. The highest BCUT2D eigenvalue weighted by molar-refractivity contribution is 7.47.